The van der Waals surface area contributed by atoms with Crippen LogP contribution in [0.3, 0.4) is 0 Å². The minimum atomic E-state index is -0.344. The minimum absolute atomic E-state index is 0.248. The van der Waals surface area contributed by atoms with Gasteiger partial charge < -0.3 is 9.47 Å². The van der Waals surface area contributed by atoms with Gasteiger partial charge in [-0.15, -0.1) is 0 Å². The van der Waals surface area contributed by atoms with Crippen molar-refractivity contribution >= 4 is 17.1 Å². The van der Waals surface area contributed by atoms with E-state index in [0.29, 0.717) is 30.2 Å². The van der Waals surface area contributed by atoms with Gasteiger partial charge in [-0.05, 0) is 29.5 Å². The van der Waals surface area contributed by atoms with Crippen LogP contribution in [0.5, 0.6) is 0 Å². The Hall–Kier alpha value is -3.61. The van der Waals surface area contributed by atoms with Crippen molar-refractivity contribution in [3.63, 3.8) is 0 Å². The predicted molar refractivity (Wildman–Crippen MR) is 126 cm³/mol. The van der Waals surface area contributed by atoms with Crippen molar-refractivity contribution in [3.8, 4) is 0 Å². The Morgan fingerprint density at radius 2 is 1.69 bits per heavy atom. The average Bonchev–Trinajstić information content (AvgIpc) is 3.17. The molecule has 32 heavy (non-hydrogen) atoms. The van der Waals surface area contributed by atoms with Gasteiger partial charge in [0.1, 0.15) is 0 Å². The highest BCUT2D eigenvalue weighted by molar-refractivity contribution is 5.75. The number of anilines is 1. The van der Waals surface area contributed by atoms with Gasteiger partial charge in [-0.1, -0.05) is 61.5 Å². The lowest BCUT2D eigenvalue weighted by molar-refractivity contribution is 0.435. The van der Waals surface area contributed by atoms with Crippen molar-refractivity contribution in [1.29, 1.82) is 0 Å². The minimum Gasteiger partial charge on any atom is -0.338 e. The topological polar surface area (TPSA) is 65.1 Å². The smallest absolute Gasteiger partial charge is 0.332 e. The third-order valence-corrected chi connectivity index (χ3v) is 6.33. The average molecular weight is 430 g/mol. The summed E-state index contributed by atoms with van der Waals surface area (Å²) in [5.74, 6) is 1.10. The maximum atomic E-state index is 13.6. The first-order valence-corrected chi connectivity index (χ1v) is 11.0. The maximum Gasteiger partial charge on any atom is 0.332 e. The molecule has 0 saturated heterocycles. The van der Waals surface area contributed by atoms with Gasteiger partial charge in [0.15, 0.2) is 11.2 Å². The molecule has 0 bridgehead atoms. The van der Waals surface area contributed by atoms with Crippen LogP contribution >= 0.6 is 0 Å². The van der Waals surface area contributed by atoms with Gasteiger partial charge in [0.05, 0.1) is 6.54 Å². The number of rotatable bonds is 4. The molecule has 0 N–H and O–H groups in total. The van der Waals surface area contributed by atoms with Gasteiger partial charge >= 0.3 is 5.69 Å². The van der Waals surface area contributed by atoms with E-state index in [-0.39, 0.29) is 17.8 Å². The summed E-state index contributed by atoms with van der Waals surface area (Å²) in [5, 5.41) is 0. The monoisotopic (exact) mass is 429 g/mol. The lowest BCUT2D eigenvalue weighted by Crippen LogP contribution is -2.41. The molecule has 0 spiro atoms. The second-order valence-electron chi connectivity index (χ2n) is 8.83. The Morgan fingerprint density at radius 3 is 2.44 bits per heavy atom. The molecule has 4 aromatic rings. The van der Waals surface area contributed by atoms with Gasteiger partial charge in [0.2, 0.25) is 5.95 Å². The van der Waals surface area contributed by atoms with Crippen molar-refractivity contribution in [2.75, 3.05) is 11.4 Å². The van der Waals surface area contributed by atoms with Crippen LogP contribution in [0.25, 0.3) is 11.2 Å². The van der Waals surface area contributed by atoms with Crippen LogP contribution in [0.2, 0.25) is 0 Å². The summed E-state index contributed by atoms with van der Waals surface area (Å²) >= 11 is 0. The molecule has 0 aliphatic carbocycles. The Morgan fingerprint density at radius 1 is 0.969 bits per heavy atom. The van der Waals surface area contributed by atoms with E-state index in [9.17, 15) is 9.59 Å². The van der Waals surface area contributed by atoms with E-state index in [2.05, 4.69) is 24.0 Å². The quantitative estimate of drug-likeness (QED) is 0.500. The molecule has 0 saturated carbocycles. The molecule has 0 amide bonds. The molecular weight excluding hydrogens is 402 g/mol. The first-order chi connectivity index (χ1) is 15.4. The molecule has 7 nitrogen and oxygen atoms in total. The van der Waals surface area contributed by atoms with Crippen LogP contribution in [0.1, 0.15) is 23.6 Å². The summed E-state index contributed by atoms with van der Waals surface area (Å²) in [7, 11) is 1.70. The number of aryl methyl sites for hydroxylation is 2. The van der Waals surface area contributed by atoms with Gasteiger partial charge in [0, 0.05) is 26.7 Å². The van der Waals surface area contributed by atoms with E-state index in [4.69, 9.17) is 4.98 Å². The summed E-state index contributed by atoms with van der Waals surface area (Å²) in [4.78, 5) is 33.7. The number of benzene rings is 2. The highest BCUT2D eigenvalue weighted by atomic mass is 16.2. The molecular formula is C25H27N5O2. The van der Waals surface area contributed by atoms with Crippen molar-refractivity contribution in [3.05, 3.63) is 92.1 Å². The van der Waals surface area contributed by atoms with E-state index in [0.717, 1.165) is 23.6 Å². The van der Waals surface area contributed by atoms with Crippen LogP contribution in [0.15, 0.2) is 64.2 Å². The van der Waals surface area contributed by atoms with E-state index in [1.807, 2.05) is 54.0 Å². The molecule has 0 radical (unpaired) electrons. The third-order valence-electron chi connectivity index (χ3n) is 6.33. The number of hydrogen-bond donors (Lipinski definition) is 0. The molecule has 1 unspecified atom stereocenters. The van der Waals surface area contributed by atoms with Crippen molar-refractivity contribution in [2.45, 2.75) is 33.5 Å². The lowest BCUT2D eigenvalue weighted by atomic mass is 10.1. The third kappa shape index (κ3) is 3.34. The predicted octanol–water partition coefficient (Wildman–Crippen LogP) is 2.91. The first-order valence-electron chi connectivity index (χ1n) is 11.0. The van der Waals surface area contributed by atoms with Crippen molar-refractivity contribution in [2.24, 2.45) is 13.0 Å². The van der Waals surface area contributed by atoms with Gasteiger partial charge in [-0.25, -0.2) is 4.79 Å². The van der Waals surface area contributed by atoms with Gasteiger partial charge in [0.25, 0.3) is 5.56 Å². The SMILES string of the molecule is Cc1ccccc1Cn1c(=O)c2c(nc3n2CC(C)CN3Cc2ccccc2)n(C)c1=O. The Balaban J connectivity index is 1.67. The molecule has 0 fully saturated rings. The molecule has 3 heterocycles. The van der Waals surface area contributed by atoms with Crippen LogP contribution < -0.4 is 16.1 Å². The van der Waals surface area contributed by atoms with Crippen molar-refractivity contribution in [1.82, 2.24) is 18.7 Å². The fourth-order valence-corrected chi connectivity index (χ4v) is 4.64. The fraction of sp³-hybridized carbons (Fsp3) is 0.320. The van der Waals surface area contributed by atoms with Gasteiger partial charge in [-0.3, -0.25) is 13.9 Å². The Bertz CT molecular complexity index is 1410. The number of hydrogen-bond acceptors (Lipinski definition) is 4. The summed E-state index contributed by atoms with van der Waals surface area (Å²) < 4.78 is 4.84. The van der Waals surface area contributed by atoms with E-state index < -0.39 is 0 Å². The van der Waals surface area contributed by atoms with Gasteiger partial charge in [-0.2, -0.15) is 4.98 Å². The standard InChI is InChI=1S/C25H27N5O2/c1-17-13-28(15-19-10-5-4-6-11-19)24-26-22-21(29(24)14-17)23(31)30(25(32)27(22)3)16-20-12-8-7-9-18(20)2/h4-12,17H,13-16H2,1-3H3. The lowest BCUT2D eigenvalue weighted by Gasteiger charge is -2.33. The molecule has 2 aromatic heterocycles. The van der Waals surface area contributed by atoms with Crippen molar-refractivity contribution < 1.29 is 0 Å². The molecule has 7 heteroatoms. The highest BCUT2D eigenvalue weighted by Crippen LogP contribution is 2.28. The molecule has 1 atom stereocenters. The summed E-state index contributed by atoms with van der Waals surface area (Å²) in [6.07, 6.45) is 0. The number of nitrogens with zero attached hydrogens (tertiary/aromatic N) is 5. The fourth-order valence-electron chi connectivity index (χ4n) is 4.64. The zero-order valence-corrected chi connectivity index (χ0v) is 18.7. The molecule has 2 aromatic carbocycles. The number of aromatic nitrogens is 4. The van der Waals surface area contributed by atoms with Crippen LogP contribution in [-0.4, -0.2) is 25.2 Å². The molecule has 1 aliphatic rings. The summed E-state index contributed by atoms with van der Waals surface area (Å²) in [6, 6.07) is 18.1. The van der Waals surface area contributed by atoms with E-state index in [1.54, 1.807) is 7.05 Å². The highest BCUT2D eigenvalue weighted by Gasteiger charge is 2.29. The van der Waals surface area contributed by atoms with Crippen LogP contribution in [0.4, 0.5) is 5.95 Å². The second kappa shape index (κ2) is 7.82. The zero-order valence-electron chi connectivity index (χ0n) is 18.7. The first kappa shape index (κ1) is 20.3. The van der Waals surface area contributed by atoms with Crippen LogP contribution in [-0.2, 0) is 26.7 Å². The molecule has 1 aliphatic heterocycles. The maximum absolute atomic E-state index is 13.6. The number of fused-ring (bicyclic) bond motifs is 3. The van der Waals surface area contributed by atoms with Crippen LogP contribution in [0, 0.1) is 12.8 Å². The zero-order chi connectivity index (χ0) is 22.4. The summed E-state index contributed by atoms with van der Waals surface area (Å²) in [6.45, 7) is 6.68. The molecule has 164 valence electrons. The Kier molecular flexibility index (Phi) is 4.96. The second-order valence-corrected chi connectivity index (χ2v) is 8.83. The van der Waals surface area contributed by atoms with E-state index >= 15 is 0 Å². The van der Waals surface area contributed by atoms with E-state index in [1.165, 1.54) is 14.7 Å². The number of imidazole rings is 1. The largest absolute Gasteiger partial charge is 0.338 e. The normalized spacial score (nSPS) is 15.8. The summed E-state index contributed by atoms with van der Waals surface area (Å²) in [5.41, 5.74) is 3.53. The molecule has 5 rings (SSSR count). The Labute approximate surface area is 186 Å².